The summed E-state index contributed by atoms with van der Waals surface area (Å²) in [4.78, 5) is 44.2. The van der Waals surface area contributed by atoms with Crippen molar-refractivity contribution < 1.29 is 64.2 Å². The van der Waals surface area contributed by atoms with E-state index in [9.17, 15) is 19.5 Å². The molecule has 18 nitrogen and oxygen atoms in total. The molecule has 0 saturated carbocycles. The van der Waals surface area contributed by atoms with Crippen LogP contribution >= 0.6 is 0 Å². The van der Waals surface area contributed by atoms with Gasteiger partial charge >= 0.3 is 0 Å². The van der Waals surface area contributed by atoms with Crippen LogP contribution in [0.5, 0.6) is 11.5 Å². The number of primary amides is 1. The molecule has 0 aliphatic rings. The number of ether oxygens (including phenoxy) is 3. The van der Waals surface area contributed by atoms with Gasteiger partial charge in [-0.25, -0.2) is 9.68 Å². The third-order valence-electron chi connectivity index (χ3n) is 4.60. The highest BCUT2D eigenvalue weighted by Crippen LogP contribution is 2.34. The van der Waals surface area contributed by atoms with Crippen LogP contribution in [-0.4, -0.2) is 107 Å². The predicted molar refractivity (Wildman–Crippen MR) is 122 cm³/mol. The molecule has 18 heteroatoms. The van der Waals surface area contributed by atoms with E-state index in [0.717, 1.165) is 0 Å². The third kappa shape index (κ3) is 13.4. The van der Waals surface area contributed by atoms with E-state index < -0.39 is 41.1 Å². The average molecular weight is 552 g/mol. The van der Waals surface area contributed by atoms with Crippen molar-refractivity contribution in [3.63, 3.8) is 0 Å². The molecule has 0 radical (unpaired) electrons. The summed E-state index contributed by atoms with van der Waals surface area (Å²) in [5, 5.41) is 48.4. The lowest BCUT2D eigenvalue weighted by atomic mass is 10.1. The number of aromatic hydroxyl groups is 1. The summed E-state index contributed by atoms with van der Waals surface area (Å²) < 4.78 is 15.4. The molecule has 1 atom stereocenters. The van der Waals surface area contributed by atoms with Gasteiger partial charge in [-0.3, -0.25) is 35.2 Å². The highest BCUT2D eigenvalue weighted by molar-refractivity contribution is 6.02. The second-order valence-corrected chi connectivity index (χ2v) is 7.39. The topological polar surface area (TPSA) is 255 Å². The summed E-state index contributed by atoms with van der Waals surface area (Å²) in [7, 11) is 1.30. The zero-order valence-electron chi connectivity index (χ0n) is 20.6. The molecule has 1 rings (SSSR count). The van der Waals surface area contributed by atoms with Crippen LogP contribution < -0.4 is 21.1 Å². The largest absolute Gasteiger partial charge is 0.505 e. The molecule has 0 aliphatic heterocycles. The van der Waals surface area contributed by atoms with E-state index >= 15 is 0 Å². The average Bonchev–Trinajstić information content (AvgIpc) is 2.84. The van der Waals surface area contributed by atoms with E-state index in [4.69, 9.17) is 40.8 Å². The second-order valence-electron chi connectivity index (χ2n) is 7.39. The predicted octanol–water partition coefficient (Wildman–Crippen LogP) is -0.849. The molecule has 9 N–H and O–H groups in total. The third-order valence-corrected chi connectivity index (χ3v) is 4.60. The lowest BCUT2D eigenvalue weighted by Crippen LogP contribution is -2.32. The Labute approximate surface area is 216 Å². The summed E-state index contributed by atoms with van der Waals surface area (Å²) in [5.41, 5.74) is 4.92. The monoisotopic (exact) mass is 551 g/mol. The van der Waals surface area contributed by atoms with Crippen molar-refractivity contribution in [1.29, 1.82) is 0 Å². The fourth-order valence-corrected chi connectivity index (χ4v) is 2.94. The quantitative estimate of drug-likeness (QED) is 0.0558. The van der Waals surface area contributed by atoms with Crippen molar-refractivity contribution in [2.75, 3.05) is 52.0 Å². The minimum atomic E-state index is -0.973. The first-order chi connectivity index (χ1) is 18.0. The van der Waals surface area contributed by atoms with Crippen LogP contribution in [0.4, 0.5) is 5.69 Å². The fraction of sp³-hybridized carbons (Fsp3) is 0.550. The van der Waals surface area contributed by atoms with Gasteiger partial charge in [0.2, 0.25) is 11.8 Å². The Morgan fingerprint density at radius 1 is 1.03 bits per heavy atom. The molecule has 38 heavy (non-hydrogen) atoms. The van der Waals surface area contributed by atoms with Crippen LogP contribution in [0.3, 0.4) is 0 Å². The van der Waals surface area contributed by atoms with E-state index in [0.29, 0.717) is 0 Å². The number of nitrogens with two attached hydrogens (primary N) is 1. The SMILES string of the molecule is COc1ccc(NC(=O)COCCOCCNC(=O)CCCC(CON(O)O)ON(O)O)c(O)c1C(N)=O. The number of nitrogens with zero attached hydrogens (tertiary/aromatic N) is 2. The Bertz CT molecular complexity index is 887. The molecule has 3 amide bonds. The molecule has 0 saturated heterocycles. The van der Waals surface area contributed by atoms with Crippen LogP contribution in [0.2, 0.25) is 0 Å². The molecule has 0 fully saturated rings. The number of amides is 3. The molecular weight excluding hydrogens is 518 g/mol. The summed E-state index contributed by atoms with van der Waals surface area (Å²) in [5.74, 6) is -2.30. The Balaban J connectivity index is 2.17. The zero-order valence-corrected chi connectivity index (χ0v) is 20.6. The number of benzene rings is 1. The van der Waals surface area contributed by atoms with Gasteiger partial charge in [0.05, 0.1) is 43.4 Å². The van der Waals surface area contributed by atoms with E-state index in [1.165, 1.54) is 19.2 Å². The summed E-state index contributed by atoms with van der Waals surface area (Å²) in [6.07, 6.45) is -0.509. The normalized spacial score (nSPS) is 12.0. The van der Waals surface area contributed by atoms with Gasteiger partial charge in [-0.2, -0.15) is 0 Å². The number of phenols is 1. The van der Waals surface area contributed by atoms with E-state index in [-0.39, 0.29) is 75.1 Å². The maximum absolute atomic E-state index is 12.0. The maximum Gasteiger partial charge on any atom is 0.256 e. The number of carbonyl (C=O) groups excluding carboxylic acids is 3. The van der Waals surface area contributed by atoms with Crippen LogP contribution in [0, 0.1) is 0 Å². The molecule has 1 aromatic rings. The van der Waals surface area contributed by atoms with Gasteiger partial charge < -0.3 is 35.7 Å². The first-order valence-electron chi connectivity index (χ1n) is 11.1. The number of hydrogen-bond acceptors (Lipinski definition) is 15. The molecule has 1 aromatic carbocycles. The lowest BCUT2D eigenvalue weighted by molar-refractivity contribution is -0.527. The molecule has 0 bridgehead atoms. The molecule has 0 aliphatic carbocycles. The van der Waals surface area contributed by atoms with Crippen molar-refractivity contribution >= 4 is 23.4 Å². The summed E-state index contributed by atoms with van der Waals surface area (Å²) >= 11 is 0. The first kappa shape index (κ1) is 32.9. The molecular formula is C20H33N5O13. The Morgan fingerprint density at radius 2 is 1.74 bits per heavy atom. The molecule has 216 valence electrons. The van der Waals surface area contributed by atoms with Crippen molar-refractivity contribution in [1.82, 2.24) is 16.1 Å². The van der Waals surface area contributed by atoms with Gasteiger partial charge in [0.1, 0.15) is 30.6 Å². The maximum atomic E-state index is 12.0. The fourth-order valence-electron chi connectivity index (χ4n) is 2.94. The van der Waals surface area contributed by atoms with Crippen LogP contribution in [0.1, 0.15) is 29.6 Å². The number of anilines is 1. The van der Waals surface area contributed by atoms with Crippen LogP contribution in [0.25, 0.3) is 0 Å². The standard InChI is InChI=1S/C20H33N5O13/c1-34-15-6-5-14(19(28)18(15)20(21)29)23-17(27)12-36-10-9-35-8-7-22-16(26)4-2-3-13(38-25(32)33)11-37-24(30)31/h5-6,13,28,30-33H,2-4,7-12H2,1H3,(H2,21,29)(H,22,26)(H,23,27). The van der Waals surface area contributed by atoms with E-state index in [1.54, 1.807) is 0 Å². The van der Waals surface area contributed by atoms with E-state index in [2.05, 4.69) is 20.3 Å². The minimum Gasteiger partial charge on any atom is -0.505 e. The number of rotatable bonds is 20. The highest BCUT2D eigenvalue weighted by atomic mass is 17.1. The van der Waals surface area contributed by atoms with E-state index in [1.807, 2.05) is 0 Å². The number of carbonyl (C=O) groups is 3. The Morgan fingerprint density at radius 3 is 2.37 bits per heavy atom. The Kier molecular flexibility index (Phi) is 15.7. The van der Waals surface area contributed by atoms with Gasteiger partial charge in [0.25, 0.3) is 5.91 Å². The summed E-state index contributed by atoms with van der Waals surface area (Å²) in [6.45, 7) is -0.211. The molecule has 1 unspecified atom stereocenters. The molecule has 0 heterocycles. The van der Waals surface area contributed by atoms with Crippen molar-refractivity contribution in [2.24, 2.45) is 5.73 Å². The zero-order chi connectivity index (χ0) is 28.5. The minimum absolute atomic E-state index is 0.0395. The van der Waals surface area contributed by atoms with Crippen LogP contribution in [-0.2, 0) is 28.7 Å². The van der Waals surface area contributed by atoms with Crippen LogP contribution in [0.15, 0.2) is 12.1 Å². The molecule has 0 aromatic heterocycles. The number of nitrogens with one attached hydrogen (secondary N) is 2. The van der Waals surface area contributed by atoms with Crippen molar-refractivity contribution in [2.45, 2.75) is 25.4 Å². The van der Waals surface area contributed by atoms with Crippen molar-refractivity contribution in [3.05, 3.63) is 17.7 Å². The summed E-state index contributed by atoms with van der Waals surface area (Å²) in [6, 6.07) is 2.71. The van der Waals surface area contributed by atoms with Gasteiger partial charge in [0, 0.05) is 13.0 Å². The van der Waals surface area contributed by atoms with Gasteiger partial charge in [0.15, 0.2) is 5.75 Å². The smallest absolute Gasteiger partial charge is 0.256 e. The van der Waals surface area contributed by atoms with Gasteiger partial charge in [-0.1, -0.05) is 0 Å². The van der Waals surface area contributed by atoms with Crippen molar-refractivity contribution in [3.8, 4) is 11.5 Å². The van der Waals surface area contributed by atoms with Gasteiger partial charge in [-0.15, -0.1) is 0 Å². The Hall–Kier alpha value is -3.17. The second kappa shape index (κ2) is 18.1. The number of methoxy groups -OCH3 is 1. The lowest BCUT2D eigenvalue weighted by Gasteiger charge is -2.18. The van der Waals surface area contributed by atoms with Gasteiger partial charge in [-0.05, 0) is 25.0 Å². The number of hydrogen-bond donors (Lipinski definition) is 8. The highest BCUT2D eigenvalue weighted by Gasteiger charge is 2.19. The first-order valence-corrected chi connectivity index (χ1v) is 11.1. The molecule has 0 spiro atoms.